The minimum atomic E-state index is -4.49. The largest absolute Gasteiger partial charge is 0.417 e. The summed E-state index contributed by atoms with van der Waals surface area (Å²) in [7, 11) is 1.56. The lowest BCUT2D eigenvalue weighted by Gasteiger charge is -2.23. The van der Waals surface area contributed by atoms with Crippen molar-refractivity contribution in [3.8, 4) is 0 Å². The third-order valence-corrected chi connectivity index (χ3v) is 4.35. The maximum atomic E-state index is 12.8. The molecule has 0 radical (unpaired) electrons. The van der Waals surface area contributed by atoms with Crippen molar-refractivity contribution in [1.29, 1.82) is 0 Å². The number of benzene rings is 1. The van der Waals surface area contributed by atoms with Gasteiger partial charge in [0.05, 0.1) is 5.56 Å². The molecular weight excluding hydrogens is 391 g/mol. The topological polar surface area (TPSA) is 20.3 Å². The maximum Gasteiger partial charge on any atom is 0.417 e. The molecule has 0 aromatic heterocycles. The number of carbonyl (C=O) groups excluding carboxylic acids is 1. The lowest BCUT2D eigenvalue weighted by atomic mass is 10.1. The molecule has 0 aliphatic carbocycles. The van der Waals surface area contributed by atoms with E-state index in [-0.39, 0.29) is 16.1 Å². The average molecular weight is 403 g/mol. The first-order valence-electron chi connectivity index (χ1n) is 5.38. The van der Waals surface area contributed by atoms with E-state index >= 15 is 0 Å². The molecule has 0 saturated carbocycles. The van der Waals surface area contributed by atoms with E-state index in [0.29, 0.717) is 5.33 Å². The van der Waals surface area contributed by atoms with Gasteiger partial charge in [0.1, 0.15) is 0 Å². The summed E-state index contributed by atoms with van der Waals surface area (Å²) in [4.78, 5) is 13.5. The highest BCUT2D eigenvalue weighted by molar-refractivity contribution is 9.10. The summed E-state index contributed by atoms with van der Waals surface area (Å²) in [5, 5.41) is 0.553. The molecule has 0 aliphatic rings. The molecule has 1 aromatic carbocycles. The van der Waals surface area contributed by atoms with E-state index in [9.17, 15) is 18.0 Å². The molecule has 1 amide bonds. The molecular formula is C12H12Br2F3NO. The van der Waals surface area contributed by atoms with Crippen LogP contribution < -0.4 is 0 Å². The van der Waals surface area contributed by atoms with E-state index in [0.717, 1.165) is 6.07 Å². The molecule has 1 aromatic rings. The molecule has 0 spiro atoms. The molecule has 0 bridgehead atoms. The molecule has 0 fully saturated rings. The summed E-state index contributed by atoms with van der Waals surface area (Å²) < 4.78 is 38.2. The van der Waals surface area contributed by atoms with Crippen LogP contribution in [0.25, 0.3) is 0 Å². The fourth-order valence-corrected chi connectivity index (χ4v) is 2.29. The zero-order chi connectivity index (χ0) is 14.8. The van der Waals surface area contributed by atoms with Gasteiger partial charge in [0.2, 0.25) is 0 Å². The Morgan fingerprint density at radius 3 is 2.47 bits per heavy atom. The van der Waals surface area contributed by atoms with Crippen molar-refractivity contribution in [3.05, 3.63) is 33.8 Å². The van der Waals surface area contributed by atoms with Crippen LogP contribution in [0.3, 0.4) is 0 Å². The Morgan fingerprint density at radius 1 is 1.42 bits per heavy atom. The van der Waals surface area contributed by atoms with Crippen LogP contribution in [0.1, 0.15) is 22.8 Å². The van der Waals surface area contributed by atoms with Gasteiger partial charge < -0.3 is 4.90 Å². The molecule has 1 atom stereocenters. The van der Waals surface area contributed by atoms with Gasteiger partial charge in [0.25, 0.3) is 5.91 Å². The van der Waals surface area contributed by atoms with Crippen molar-refractivity contribution in [2.45, 2.75) is 19.1 Å². The zero-order valence-corrected chi connectivity index (χ0v) is 13.4. The monoisotopic (exact) mass is 401 g/mol. The molecule has 0 aliphatic heterocycles. The predicted molar refractivity (Wildman–Crippen MR) is 74.5 cm³/mol. The highest BCUT2D eigenvalue weighted by Gasteiger charge is 2.34. The molecule has 0 heterocycles. The summed E-state index contributed by atoms with van der Waals surface area (Å²) >= 11 is 6.08. The van der Waals surface area contributed by atoms with Gasteiger partial charge >= 0.3 is 6.18 Å². The van der Waals surface area contributed by atoms with Gasteiger partial charge in [-0.25, -0.2) is 0 Å². The number of amides is 1. The van der Waals surface area contributed by atoms with Gasteiger partial charge in [-0.05, 0) is 25.1 Å². The molecule has 0 N–H and O–H groups in total. The maximum absolute atomic E-state index is 12.8. The molecule has 0 saturated heterocycles. The molecule has 106 valence electrons. The normalized spacial score (nSPS) is 13.2. The predicted octanol–water partition coefficient (Wildman–Crippen LogP) is 4.32. The first kappa shape index (κ1) is 16.5. The second-order valence-electron chi connectivity index (χ2n) is 4.11. The Balaban J connectivity index is 3.13. The van der Waals surface area contributed by atoms with Crippen LogP contribution in [0.4, 0.5) is 13.2 Å². The fraction of sp³-hybridized carbons (Fsp3) is 0.417. The first-order valence-corrected chi connectivity index (χ1v) is 7.29. The van der Waals surface area contributed by atoms with E-state index < -0.39 is 17.6 Å². The molecule has 1 unspecified atom stereocenters. The summed E-state index contributed by atoms with van der Waals surface area (Å²) in [6.45, 7) is 1.80. The van der Waals surface area contributed by atoms with Gasteiger partial charge in [-0.15, -0.1) is 0 Å². The number of carbonyl (C=O) groups is 1. The van der Waals surface area contributed by atoms with E-state index in [2.05, 4.69) is 31.9 Å². The number of halogens is 5. The highest BCUT2D eigenvalue weighted by atomic mass is 79.9. The number of rotatable bonds is 3. The summed E-state index contributed by atoms with van der Waals surface area (Å²) in [6, 6.07) is 3.37. The van der Waals surface area contributed by atoms with Crippen LogP contribution in [0.2, 0.25) is 0 Å². The van der Waals surface area contributed by atoms with Crippen LogP contribution in [0.15, 0.2) is 22.7 Å². The second-order valence-corrected chi connectivity index (χ2v) is 5.61. The lowest BCUT2D eigenvalue weighted by molar-refractivity contribution is -0.138. The molecule has 19 heavy (non-hydrogen) atoms. The van der Waals surface area contributed by atoms with E-state index in [1.54, 1.807) is 14.0 Å². The van der Waals surface area contributed by atoms with Gasteiger partial charge in [0, 0.05) is 28.5 Å². The van der Waals surface area contributed by atoms with E-state index in [1.807, 2.05) is 0 Å². The van der Waals surface area contributed by atoms with Crippen molar-refractivity contribution in [2.75, 3.05) is 12.4 Å². The minimum absolute atomic E-state index is 0.0193. The Morgan fingerprint density at radius 2 is 2.00 bits per heavy atom. The van der Waals surface area contributed by atoms with Crippen molar-refractivity contribution in [2.24, 2.45) is 0 Å². The first-order chi connectivity index (χ1) is 8.68. The van der Waals surface area contributed by atoms with E-state index in [4.69, 9.17) is 0 Å². The van der Waals surface area contributed by atoms with Crippen molar-refractivity contribution < 1.29 is 18.0 Å². The Kier molecular flexibility index (Phi) is 5.43. The van der Waals surface area contributed by atoms with Gasteiger partial charge in [-0.1, -0.05) is 31.9 Å². The van der Waals surface area contributed by atoms with Crippen molar-refractivity contribution in [1.82, 2.24) is 4.90 Å². The SMILES string of the molecule is CC(CBr)N(C)C(=O)c1ccc(Br)c(C(F)(F)F)c1. The third-order valence-electron chi connectivity index (χ3n) is 2.72. The Labute approximate surface area is 126 Å². The van der Waals surface area contributed by atoms with Crippen molar-refractivity contribution in [3.63, 3.8) is 0 Å². The third kappa shape index (κ3) is 3.95. The molecule has 2 nitrogen and oxygen atoms in total. The second kappa shape index (κ2) is 6.26. The Hall–Kier alpha value is -0.560. The van der Waals surface area contributed by atoms with Crippen molar-refractivity contribution >= 4 is 37.8 Å². The van der Waals surface area contributed by atoms with Crippen LogP contribution in [-0.4, -0.2) is 29.2 Å². The zero-order valence-electron chi connectivity index (χ0n) is 10.3. The smallest absolute Gasteiger partial charge is 0.338 e. The van der Waals surface area contributed by atoms with Crippen LogP contribution >= 0.6 is 31.9 Å². The highest BCUT2D eigenvalue weighted by Crippen LogP contribution is 2.35. The lowest BCUT2D eigenvalue weighted by Crippen LogP contribution is -2.36. The fourth-order valence-electron chi connectivity index (χ4n) is 1.38. The van der Waals surface area contributed by atoms with Gasteiger partial charge in [-0.2, -0.15) is 13.2 Å². The number of hydrogen-bond acceptors (Lipinski definition) is 1. The van der Waals surface area contributed by atoms with E-state index in [1.165, 1.54) is 17.0 Å². The molecule has 1 rings (SSSR count). The van der Waals surface area contributed by atoms with Crippen LogP contribution in [-0.2, 0) is 6.18 Å². The van der Waals surface area contributed by atoms with Crippen LogP contribution in [0, 0.1) is 0 Å². The summed E-state index contributed by atoms with van der Waals surface area (Å²) in [5.41, 5.74) is -0.830. The average Bonchev–Trinajstić information content (AvgIpc) is 2.35. The standard InChI is InChI=1S/C12H12Br2F3NO/c1-7(6-13)18(2)11(19)8-3-4-10(14)9(5-8)12(15,16)17/h3-5,7H,6H2,1-2H3. The summed E-state index contributed by atoms with van der Waals surface area (Å²) in [6.07, 6.45) is -4.49. The van der Waals surface area contributed by atoms with Crippen LogP contribution in [0.5, 0.6) is 0 Å². The number of alkyl halides is 4. The number of nitrogens with zero attached hydrogens (tertiary/aromatic N) is 1. The van der Waals surface area contributed by atoms with Gasteiger partial charge in [-0.3, -0.25) is 4.79 Å². The number of hydrogen-bond donors (Lipinski definition) is 0. The molecule has 7 heteroatoms. The van der Waals surface area contributed by atoms with Gasteiger partial charge in [0.15, 0.2) is 0 Å². The minimum Gasteiger partial charge on any atom is -0.338 e. The quantitative estimate of drug-likeness (QED) is 0.689. The Bertz CT molecular complexity index is 477. The summed E-state index contributed by atoms with van der Waals surface area (Å²) in [5.74, 6) is -0.440.